The molecular formula is C11H15N3O2. The summed E-state index contributed by atoms with van der Waals surface area (Å²) in [7, 11) is 0. The highest BCUT2D eigenvalue weighted by Crippen LogP contribution is 2.28. The molecule has 2 saturated heterocycles. The van der Waals surface area contributed by atoms with Gasteiger partial charge in [0.05, 0.1) is 0 Å². The lowest BCUT2D eigenvalue weighted by molar-refractivity contribution is 0.0774. The Balaban J connectivity index is 1.71. The number of hydrogen-bond acceptors (Lipinski definition) is 4. The van der Waals surface area contributed by atoms with Gasteiger partial charge in [0.25, 0.3) is 5.91 Å². The molecule has 5 heteroatoms. The Morgan fingerprint density at radius 1 is 1.50 bits per heavy atom. The maximum Gasteiger partial charge on any atom is 0.276 e. The first-order valence-electron chi connectivity index (χ1n) is 5.75. The van der Waals surface area contributed by atoms with Crippen LogP contribution in [0.3, 0.4) is 0 Å². The summed E-state index contributed by atoms with van der Waals surface area (Å²) < 4.78 is 4.70. The minimum atomic E-state index is 0.00292. The summed E-state index contributed by atoms with van der Waals surface area (Å²) >= 11 is 0. The molecule has 3 heterocycles. The van der Waals surface area contributed by atoms with Gasteiger partial charge in [0.2, 0.25) is 0 Å². The van der Waals surface area contributed by atoms with Crippen molar-refractivity contribution in [3.05, 3.63) is 18.0 Å². The molecule has 2 fully saturated rings. The van der Waals surface area contributed by atoms with Crippen LogP contribution in [-0.4, -0.2) is 42.1 Å². The lowest BCUT2D eigenvalue weighted by atomic mass is 9.90. The zero-order valence-electron chi connectivity index (χ0n) is 9.06. The first-order chi connectivity index (χ1) is 7.84. The minimum absolute atomic E-state index is 0.00292. The van der Waals surface area contributed by atoms with Gasteiger partial charge in [0.15, 0.2) is 5.69 Å². The highest BCUT2D eigenvalue weighted by Gasteiger charge is 2.37. The van der Waals surface area contributed by atoms with E-state index in [0.717, 1.165) is 26.2 Å². The van der Waals surface area contributed by atoms with Gasteiger partial charge in [-0.3, -0.25) is 4.79 Å². The van der Waals surface area contributed by atoms with Crippen LogP contribution in [0, 0.1) is 11.8 Å². The number of hydrogen-bond donors (Lipinski definition) is 1. The Hall–Kier alpha value is -1.36. The molecule has 86 valence electrons. The number of piperidine rings is 1. The first-order valence-corrected chi connectivity index (χ1v) is 5.75. The summed E-state index contributed by atoms with van der Waals surface area (Å²) in [5.41, 5.74) is 0.423. The number of fused-ring (bicyclic) bond motifs is 1. The van der Waals surface area contributed by atoms with Crippen LogP contribution in [-0.2, 0) is 0 Å². The Bertz CT molecular complexity index is 363. The Morgan fingerprint density at radius 3 is 3.12 bits per heavy atom. The monoisotopic (exact) mass is 221 g/mol. The summed E-state index contributed by atoms with van der Waals surface area (Å²) in [6, 6.07) is 1.63. The molecule has 1 aromatic rings. The molecule has 0 bridgehead atoms. The number of nitrogens with one attached hydrogen (secondary N) is 1. The van der Waals surface area contributed by atoms with Crippen molar-refractivity contribution in [2.24, 2.45) is 11.8 Å². The highest BCUT2D eigenvalue weighted by molar-refractivity contribution is 5.92. The highest BCUT2D eigenvalue weighted by atomic mass is 16.5. The Labute approximate surface area is 93.8 Å². The second-order valence-corrected chi connectivity index (χ2v) is 4.61. The number of carbonyl (C=O) groups is 1. The van der Waals surface area contributed by atoms with Gasteiger partial charge in [0.1, 0.15) is 6.26 Å². The topological polar surface area (TPSA) is 58.4 Å². The van der Waals surface area contributed by atoms with Crippen molar-refractivity contribution < 1.29 is 9.32 Å². The predicted molar refractivity (Wildman–Crippen MR) is 56.9 cm³/mol. The van der Waals surface area contributed by atoms with Gasteiger partial charge in [-0.2, -0.15) is 0 Å². The largest absolute Gasteiger partial charge is 0.364 e. The molecule has 2 unspecified atom stereocenters. The van der Waals surface area contributed by atoms with Gasteiger partial charge in [-0.1, -0.05) is 5.16 Å². The van der Waals surface area contributed by atoms with E-state index in [1.54, 1.807) is 6.07 Å². The second-order valence-electron chi connectivity index (χ2n) is 4.61. The summed E-state index contributed by atoms with van der Waals surface area (Å²) in [4.78, 5) is 13.9. The molecule has 2 aliphatic rings. The quantitative estimate of drug-likeness (QED) is 0.743. The number of carbonyl (C=O) groups excluding carboxylic acids is 1. The van der Waals surface area contributed by atoms with Crippen LogP contribution in [0.4, 0.5) is 0 Å². The molecule has 0 aliphatic carbocycles. The summed E-state index contributed by atoms with van der Waals surface area (Å²) in [5, 5.41) is 7.07. The third-order valence-electron chi connectivity index (χ3n) is 3.62. The summed E-state index contributed by atoms with van der Waals surface area (Å²) in [5.74, 6) is 1.28. The van der Waals surface area contributed by atoms with E-state index in [1.807, 2.05) is 4.90 Å². The van der Waals surface area contributed by atoms with E-state index >= 15 is 0 Å². The van der Waals surface area contributed by atoms with Crippen molar-refractivity contribution in [2.45, 2.75) is 6.42 Å². The number of nitrogens with zero attached hydrogens (tertiary/aromatic N) is 2. The number of aromatic nitrogens is 1. The molecule has 16 heavy (non-hydrogen) atoms. The van der Waals surface area contributed by atoms with E-state index in [1.165, 1.54) is 12.7 Å². The SMILES string of the molecule is O=C(c1ccon1)N1CC2CCNCC2C1. The standard InChI is InChI=1S/C11H15N3O2/c15-11(10-2-4-16-13-10)14-6-8-1-3-12-5-9(8)7-14/h2,4,8-9,12H,1,3,5-7H2. The Kier molecular flexibility index (Phi) is 2.40. The summed E-state index contributed by atoms with van der Waals surface area (Å²) in [6.07, 6.45) is 2.62. The molecular weight excluding hydrogens is 206 g/mol. The van der Waals surface area contributed by atoms with Crippen LogP contribution in [0.25, 0.3) is 0 Å². The van der Waals surface area contributed by atoms with E-state index in [4.69, 9.17) is 4.52 Å². The molecule has 2 atom stereocenters. The third kappa shape index (κ3) is 1.61. The fraction of sp³-hybridized carbons (Fsp3) is 0.636. The molecule has 1 N–H and O–H groups in total. The van der Waals surface area contributed by atoms with Crippen LogP contribution >= 0.6 is 0 Å². The van der Waals surface area contributed by atoms with Crippen molar-refractivity contribution in [1.82, 2.24) is 15.4 Å². The maximum absolute atomic E-state index is 12.0. The van der Waals surface area contributed by atoms with E-state index in [0.29, 0.717) is 17.5 Å². The van der Waals surface area contributed by atoms with E-state index in [-0.39, 0.29) is 5.91 Å². The normalized spacial score (nSPS) is 29.1. The van der Waals surface area contributed by atoms with Crippen LogP contribution in [0.5, 0.6) is 0 Å². The zero-order valence-corrected chi connectivity index (χ0v) is 9.06. The fourth-order valence-electron chi connectivity index (χ4n) is 2.72. The van der Waals surface area contributed by atoms with Crippen molar-refractivity contribution >= 4 is 5.91 Å². The number of amides is 1. The smallest absolute Gasteiger partial charge is 0.276 e. The molecule has 0 saturated carbocycles. The average molecular weight is 221 g/mol. The molecule has 1 amide bonds. The van der Waals surface area contributed by atoms with Crippen LogP contribution in [0.1, 0.15) is 16.9 Å². The van der Waals surface area contributed by atoms with E-state index in [9.17, 15) is 4.79 Å². The van der Waals surface area contributed by atoms with Gasteiger partial charge >= 0.3 is 0 Å². The van der Waals surface area contributed by atoms with Gasteiger partial charge in [-0.15, -0.1) is 0 Å². The van der Waals surface area contributed by atoms with E-state index < -0.39 is 0 Å². The number of likely N-dealkylation sites (tertiary alicyclic amines) is 1. The van der Waals surface area contributed by atoms with Crippen molar-refractivity contribution in [2.75, 3.05) is 26.2 Å². The van der Waals surface area contributed by atoms with Crippen molar-refractivity contribution in [1.29, 1.82) is 0 Å². The molecule has 0 radical (unpaired) electrons. The molecule has 0 aromatic carbocycles. The predicted octanol–water partition coefficient (Wildman–Crippen LogP) is 0.356. The van der Waals surface area contributed by atoms with Gasteiger partial charge in [0, 0.05) is 19.2 Å². The average Bonchev–Trinajstić information content (AvgIpc) is 2.97. The van der Waals surface area contributed by atoms with Gasteiger partial charge in [-0.05, 0) is 31.3 Å². The molecule has 1 aromatic heterocycles. The molecule has 2 aliphatic heterocycles. The lowest BCUT2D eigenvalue weighted by Crippen LogP contribution is -2.35. The van der Waals surface area contributed by atoms with Gasteiger partial charge in [-0.25, -0.2) is 0 Å². The van der Waals surface area contributed by atoms with E-state index in [2.05, 4.69) is 10.5 Å². The summed E-state index contributed by atoms with van der Waals surface area (Å²) in [6.45, 7) is 3.84. The second kappa shape index (κ2) is 3.90. The fourth-order valence-corrected chi connectivity index (χ4v) is 2.72. The first kappa shape index (κ1) is 9.84. The van der Waals surface area contributed by atoms with Crippen molar-refractivity contribution in [3.8, 4) is 0 Å². The zero-order chi connectivity index (χ0) is 11.0. The maximum atomic E-state index is 12.0. The molecule has 3 rings (SSSR count). The molecule has 5 nitrogen and oxygen atoms in total. The van der Waals surface area contributed by atoms with Crippen molar-refractivity contribution in [3.63, 3.8) is 0 Å². The number of rotatable bonds is 1. The van der Waals surface area contributed by atoms with Crippen LogP contribution in [0.15, 0.2) is 16.9 Å². The minimum Gasteiger partial charge on any atom is -0.364 e. The Morgan fingerprint density at radius 2 is 2.38 bits per heavy atom. The lowest BCUT2D eigenvalue weighted by Gasteiger charge is -2.23. The van der Waals surface area contributed by atoms with Gasteiger partial charge < -0.3 is 14.7 Å². The van der Waals surface area contributed by atoms with Crippen LogP contribution in [0.2, 0.25) is 0 Å². The molecule has 0 spiro atoms. The van der Waals surface area contributed by atoms with Crippen LogP contribution < -0.4 is 5.32 Å². The third-order valence-corrected chi connectivity index (χ3v) is 3.62.